The Bertz CT molecular complexity index is 1870. The number of allylic oxidation sites excluding steroid dienone is 5. The predicted octanol–water partition coefficient (Wildman–Crippen LogP) is 6.78. The van der Waals surface area contributed by atoms with Crippen molar-refractivity contribution in [3.05, 3.63) is 105 Å². The second-order valence-electron chi connectivity index (χ2n) is 8.37. The molecule has 2 aliphatic rings. The molecule has 5 nitrogen and oxygen atoms in total. The summed E-state index contributed by atoms with van der Waals surface area (Å²) >= 11 is 0. The van der Waals surface area contributed by atoms with Gasteiger partial charge in [-0.15, -0.1) is 0 Å². The molecule has 0 unspecified atom stereocenters. The molecule has 0 aromatic heterocycles. The molecule has 2 aliphatic carbocycles. The van der Waals surface area contributed by atoms with Crippen molar-refractivity contribution >= 4 is 22.3 Å². The highest BCUT2D eigenvalue weighted by molar-refractivity contribution is 6.26. The molecule has 0 heterocycles. The van der Waals surface area contributed by atoms with Crippen LogP contribution >= 0.6 is 0 Å². The summed E-state index contributed by atoms with van der Waals surface area (Å²) in [5.41, 5.74) is 2.09. The summed E-state index contributed by atoms with van der Waals surface area (Å²) in [4.78, 5) is 0. The number of benzene rings is 3. The molecule has 0 spiro atoms. The van der Waals surface area contributed by atoms with E-state index < -0.39 is 17.3 Å². The number of hydrogen-bond donors (Lipinski definition) is 0. The zero-order valence-electron chi connectivity index (χ0n) is 19.1. The molecule has 0 saturated heterocycles. The van der Waals surface area contributed by atoms with Crippen LogP contribution in [0.3, 0.4) is 0 Å². The van der Waals surface area contributed by atoms with E-state index in [2.05, 4.69) is 0 Å². The van der Waals surface area contributed by atoms with Crippen LogP contribution in [-0.4, -0.2) is 0 Å². The summed E-state index contributed by atoms with van der Waals surface area (Å²) in [6, 6.07) is 24.4. The van der Waals surface area contributed by atoms with E-state index in [1.165, 1.54) is 0 Å². The standard InChI is InChI=1S/C30H10F3N5/c31-30(32,33)19-6-8-22-25(10-19)29(18(13-36)14-37)28(26(22)15-38)16-5-7-21-20-3-1-2-4-23(20)27(24(21)9-16)17(11-34)12-35/h1-10H. The Kier molecular flexibility index (Phi) is 5.43. The van der Waals surface area contributed by atoms with Crippen LogP contribution in [0, 0.1) is 56.7 Å². The molecule has 0 saturated carbocycles. The third-order valence-corrected chi connectivity index (χ3v) is 6.51. The van der Waals surface area contributed by atoms with Gasteiger partial charge >= 0.3 is 6.18 Å². The lowest BCUT2D eigenvalue weighted by atomic mass is 9.89. The lowest BCUT2D eigenvalue weighted by Gasteiger charge is -2.12. The van der Waals surface area contributed by atoms with Crippen molar-refractivity contribution in [1.82, 2.24) is 0 Å². The zero-order chi connectivity index (χ0) is 27.2. The average Bonchev–Trinajstić information content (AvgIpc) is 3.42. The Balaban J connectivity index is 1.84. The second-order valence-corrected chi connectivity index (χ2v) is 8.37. The minimum Gasteiger partial charge on any atom is -0.192 e. The third-order valence-electron chi connectivity index (χ3n) is 6.51. The molecule has 3 aromatic rings. The van der Waals surface area contributed by atoms with Gasteiger partial charge in [0.15, 0.2) is 0 Å². The summed E-state index contributed by atoms with van der Waals surface area (Å²) in [6.07, 6.45) is -4.68. The van der Waals surface area contributed by atoms with Gasteiger partial charge < -0.3 is 0 Å². The van der Waals surface area contributed by atoms with Crippen molar-refractivity contribution in [2.24, 2.45) is 0 Å². The summed E-state index contributed by atoms with van der Waals surface area (Å²) < 4.78 is 40.6. The van der Waals surface area contributed by atoms with Gasteiger partial charge in [0.05, 0.1) is 11.1 Å². The fraction of sp³-hybridized carbons (Fsp3) is 0.0333. The number of fused-ring (bicyclic) bond motifs is 4. The fourth-order valence-electron chi connectivity index (χ4n) is 4.97. The fourth-order valence-corrected chi connectivity index (χ4v) is 4.97. The first-order valence-electron chi connectivity index (χ1n) is 11.0. The average molecular weight is 497 g/mol. The maximum Gasteiger partial charge on any atom is 0.416 e. The number of rotatable bonds is 1. The molecule has 0 amide bonds. The normalized spacial score (nSPS) is 12.8. The highest BCUT2D eigenvalue weighted by Gasteiger charge is 2.36. The van der Waals surface area contributed by atoms with E-state index in [0.717, 1.165) is 29.3 Å². The van der Waals surface area contributed by atoms with Crippen LogP contribution in [-0.2, 0) is 6.18 Å². The van der Waals surface area contributed by atoms with Crippen molar-refractivity contribution in [3.8, 4) is 41.5 Å². The molecule has 8 heteroatoms. The Morgan fingerprint density at radius 3 is 1.74 bits per heavy atom. The van der Waals surface area contributed by atoms with Gasteiger partial charge in [-0.05, 0) is 51.6 Å². The number of hydrogen-bond acceptors (Lipinski definition) is 5. The Labute approximate surface area is 214 Å². The highest BCUT2D eigenvalue weighted by Crippen LogP contribution is 2.52. The molecule has 0 N–H and O–H groups in total. The van der Waals surface area contributed by atoms with Crippen molar-refractivity contribution in [1.29, 1.82) is 26.3 Å². The number of alkyl halides is 3. The van der Waals surface area contributed by atoms with E-state index in [1.54, 1.807) is 42.5 Å². The van der Waals surface area contributed by atoms with E-state index in [0.29, 0.717) is 22.3 Å². The van der Waals surface area contributed by atoms with Crippen LogP contribution in [0.15, 0.2) is 71.8 Å². The van der Waals surface area contributed by atoms with Gasteiger partial charge in [-0.2, -0.15) is 39.5 Å². The minimum atomic E-state index is -4.68. The maximum absolute atomic E-state index is 13.5. The van der Waals surface area contributed by atoms with Gasteiger partial charge in [-0.25, -0.2) is 0 Å². The Morgan fingerprint density at radius 2 is 1.13 bits per heavy atom. The van der Waals surface area contributed by atoms with Crippen molar-refractivity contribution in [2.75, 3.05) is 0 Å². The van der Waals surface area contributed by atoms with E-state index in [4.69, 9.17) is 0 Å². The first kappa shape index (κ1) is 23.8. The molecule has 38 heavy (non-hydrogen) atoms. The SMILES string of the molecule is N#CC(C#N)=C1C(c2ccc3c(c2)C(=C(C#N)C#N)c2ccccc2-3)=C(C#N)c2ccc(C(F)(F)F)cc21. The van der Waals surface area contributed by atoms with Gasteiger partial charge in [-0.3, -0.25) is 0 Å². The van der Waals surface area contributed by atoms with Crippen LogP contribution in [0.1, 0.15) is 33.4 Å². The van der Waals surface area contributed by atoms with Crippen LogP contribution in [0.25, 0.3) is 33.4 Å². The molecule has 0 aliphatic heterocycles. The first-order chi connectivity index (χ1) is 18.3. The molecular weight excluding hydrogens is 487 g/mol. The highest BCUT2D eigenvalue weighted by atomic mass is 19.4. The summed E-state index contributed by atoms with van der Waals surface area (Å²) in [6.45, 7) is 0. The smallest absolute Gasteiger partial charge is 0.192 e. The van der Waals surface area contributed by atoms with Crippen LogP contribution in [0.5, 0.6) is 0 Å². The molecule has 5 rings (SSSR count). The molecule has 0 atom stereocenters. The molecule has 3 aromatic carbocycles. The zero-order valence-corrected chi connectivity index (χ0v) is 19.1. The molecular formula is C30H10F3N5. The van der Waals surface area contributed by atoms with E-state index >= 15 is 0 Å². The Morgan fingerprint density at radius 1 is 0.579 bits per heavy atom. The van der Waals surface area contributed by atoms with Gasteiger partial charge in [0, 0.05) is 22.3 Å². The lowest BCUT2D eigenvalue weighted by Crippen LogP contribution is -2.05. The van der Waals surface area contributed by atoms with Gasteiger partial charge in [0.25, 0.3) is 0 Å². The lowest BCUT2D eigenvalue weighted by molar-refractivity contribution is -0.137. The van der Waals surface area contributed by atoms with Gasteiger partial charge in [0.2, 0.25) is 0 Å². The van der Waals surface area contributed by atoms with Gasteiger partial charge in [-0.1, -0.05) is 42.5 Å². The topological polar surface area (TPSA) is 119 Å². The first-order valence-corrected chi connectivity index (χ1v) is 11.0. The third kappa shape index (κ3) is 3.37. The van der Waals surface area contributed by atoms with E-state index in [-0.39, 0.29) is 33.4 Å². The molecule has 0 bridgehead atoms. The monoisotopic (exact) mass is 497 g/mol. The van der Waals surface area contributed by atoms with Crippen molar-refractivity contribution in [3.63, 3.8) is 0 Å². The predicted molar refractivity (Wildman–Crippen MR) is 131 cm³/mol. The number of halogens is 3. The Hall–Kier alpha value is -5.88. The van der Waals surface area contributed by atoms with Crippen molar-refractivity contribution in [2.45, 2.75) is 6.18 Å². The van der Waals surface area contributed by atoms with Crippen LogP contribution < -0.4 is 0 Å². The second kappa shape index (κ2) is 8.65. The number of nitriles is 5. The van der Waals surface area contributed by atoms with Crippen LogP contribution in [0.4, 0.5) is 13.2 Å². The largest absolute Gasteiger partial charge is 0.416 e. The van der Waals surface area contributed by atoms with Crippen LogP contribution in [0.2, 0.25) is 0 Å². The maximum atomic E-state index is 13.5. The van der Waals surface area contributed by atoms with E-state index in [1.807, 2.05) is 30.3 Å². The summed E-state index contributed by atoms with van der Waals surface area (Å²) in [5.74, 6) is 0. The van der Waals surface area contributed by atoms with Gasteiger partial charge in [0.1, 0.15) is 41.5 Å². The quantitative estimate of drug-likeness (QED) is 0.268. The summed E-state index contributed by atoms with van der Waals surface area (Å²) in [5, 5.41) is 48.7. The minimum absolute atomic E-state index is 0.00788. The van der Waals surface area contributed by atoms with E-state index in [9.17, 15) is 39.5 Å². The molecule has 176 valence electrons. The molecule has 0 radical (unpaired) electrons. The molecule has 0 fully saturated rings. The van der Waals surface area contributed by atoms with Crippen molar-refractivity contribution < 1.29 is 13.2 Å². The summed E-state index contributed by atoms with van der Waals surface area (Å²) in [7, 11) is 0. The number of nitrogens with zero attached hydrogens (tertiary/aromatic N) is 5.